The number of aromatic nitrogens is 3. The van der Waals surface area contributed by atoms with Gasteiger partial charge < -0.3 is 0 Å². The van der Waals surface area contributed by atoms with Crippen LogP contribution in [-0.4, -0.2) is 33.1 Å². The van der Waals surface area contributed by atoms with Crippen LogP contribution in [0.15, 0.2) is 12.7 Å². The summed E-state index contributed by atoms with van der Waals surface area (Å²) >= 11 is 0. The van der Waals surface area contributed by atoms with Crippen molar-refractivity contribution >= 4 is 5.95 Å². The molecule has 2 heterocycles. The number of hydrazine groups is 1. The summed E-state index contributed by atoms with van der Waals surface area (Å²) in [5, 5.41) is 2.15. The molecule has 1 aromatic rings. The monoisotopic (exact) mass is 179 g/mol. The highest BCUT2D eigenvalue weighted by molar-refractivity contribution is 5.18. The Hall–Kier alpha value is -1.23. The molecule has 0 spiro atoms. The van der Waals surface area contributed by atoms with Gasteiger partial charge in [-0.3, -0.25) is 5.43 Å². The smallest absolute Gasteiger partial charge is 0.240 e. The molecule has 0 bridgehead atoms. The molecule has 1 saturated heterocycles. The highest BCUT2D eigenvalue weighted by Crippen LogP contribution is 2.08. The van der Waals surface area contributed by atoms with E-state index < -0.39 is 0 Å². The Morgan fingerprint density at radius 1 is 1.08 bits per heavy atom. The predicted octanol–water partition coefficient (Wildman–Crippen LogP) is 0.684. The standard InChI is InChI=1S/C8H13N5/c1-2-4-13(5-3-1)12-8-10-6-9-7-11-8/h6-7H,1-5H2,(H,9,10,11,12). The number of rotatable bonds is 2. The molecular weight excluding hydrogens is 166 g/mol. The van der Waals surface area contributed by atoms with Crippen LogP contribution in [0, 0.1) is 0 Å². The zero-order chi connectivity index (χ0) is 8.93. The molecule has 5 heteroatoms. The van der Waals surface area contributed by atoms with E-state index in [1.807, 2.05) is 0 Å². The average molecular weight is 179 g/mol. The second-order valence-electron chi connectivity index (χ2n) is 3.12. The van der Waals surface area contributed by atoms with E-state index in [1.165, 1.54) is 31.9 Å². The van der Waals surface area contributed by atoms with Crippen molar-refractivity contribution in [1.82, 2.24) is 20.0 Å². The maximum absolute atomic E-state index is 4.00. The summed E-state index contributed by atoms with van der Waals surface area (Å²) in [6, 6.07) is 0. The lowest BCUT2D eigenvalue weighted by molar-refractivity contribution is 0.271. The van der Waals surface area contributed by atoms with Crippen molar-refractivity contribution in [2.24, 2.45) is 0 Å². The van der Waals surface area contributed by atoms with E-state index in [1.54, 1.807) is 0 Å². The molecule has 1 fully saturated rings. The van der Waals surface area contributed by atoms with Crippen molar-refractivity contribution in [3.05, 3.63) is 12.7 Å². The molecule has 0 saturated carbocycles. The van der Waals surface area contributed by atoms with Crippen LogP contribution in [0.2, 0.25) is 0 Å². The Morgan fingerprint density at radius 2 is 1.77 bits per heavy atom. The number of hydrogen-bond acceptors (Lipinski definition) is 5. The number of anilines is 1. The van der Waals surface area contributed by atoms with Crippen LogP contribution in [-0.2, 0) is 0 Å². The minimum atomic E-state index is 0.636. The number of nitrogens with one attached hydrogen (secondary N) is 1. The topological polar surface area (TPSA) is 53.9 Å². The van der Waals surface area contributed by atoms with E-state index in [4.69, 9.17) is 0 Å². The van der Waals surface area contributed by atoms with Gasteiger partial charge in [0.15, 0.2) is 0 Å². The van der Waals surface area contributed by atoms with Gasteiger partial charge in [0, 0.05) is 13.1 Å². The Balaban J connectivity index is 1.90. The highest BCUT2D eigenvalue weighted by atomic mass is 15.5. The first-order chi connectivity index (χ1) is 6.45. The van der Waals surface area contributed by atoms with E-state index in [9.17, 15) is 0 Å². The summed E-state index contributed by atoms with van der Waals surface area (Å²) in [7, 11) is 0. The van der Waals surface area contributed by atoms with Crippen LogP contribution in [0.1, 0.15) is 19.3 Å². The van der Waals surface area contributed by atoms with Gasteiger partial charge in [0.1, 0.15) is 12.7 Å². The number of nitrogens with zero attached hydrogens (tertiary/aromatic N) is 4. The molecule has 70 valence electrons. The van der Waals surface area contributed by atoms with Gasteiger partial charge >= 0.3 is 0 Å². The van der Waals surface area contributed by atoms with E-state index in [-0.39, 0.29) is 0 Å². The first-order valence-electron chi connectivity index (χ1n) is 4.59. The van der Waals surface area contributed by atoms with Crippen molar-refractivity contribution in [2.45, 2.75) is 19.3 Å². The SMILES string of the molecule is c1ncnc(NN2CCCCC2)n1. The van der Waals surface area contributed by atoms with Crippen LogP contribution in [0.4, 0.5) is 5.95 Å². The molecule has 0 aromatic carbocycles. The lowest BCUT2D eigenvalue weighted by Crippen LogP contribution is -2.35. The molecule has 0 aliphatic carbocycles. The van der Waals surface area contributed by atoms with Crippen molar-refractivity contribution in [2.75, 3.05) is 18.5 Å². The van der Waals surface area contributed by atoms with Gasteiger partial charge in [-0.2, -0.15) is 0 Å². The van der Waals surface area contributed by atoms with Crippen molar-refractivity contribution < 1.29 is 0 Å². The van der Waals surface area contributed by atoms with E-state index in [0.717, 1.165) is 13.1 Å². The summed E-state index contributed by atoms with van der Waals surface area (Å²) in [6.45, 7) is 2.15. The maximum atomic E-state index is 4.00. The first kappa shape index (κ1) is 8.37. The third kappa shape index (κ3) is 2.35. The third-order valence-electron chi connectivity index (χ3n) is 2.11. The summed E-state index contributed by atoms with van der Waals surface area (Å²) in [4.78, 5) is 11.8. The Labute approximate surface area is 77.2 Å². The predicted molar refractivity (Wildman–Crippen MR) is 48.9 cm³/mol. The molecule has 1 aliphatic heterocycles. The van der Waals surface area contributed by atoms with Gasteiger partial charge in [-0.1, -0.05) is 6.42 Å². The molecule has 0 radical (unpaired) electrons. The third-order valence-corrected chi connectivity index (χ3v) is 2.11. The molecule has 5 nitrogen and oxygen atoms in total. The minimum Gasteiger partial charge on any atom is -0.287 e. The second kappa shape index (κ2) is 4.13. The average Bonchev–Trinajstić information content (AvgIpc) is 2.21. The van der Waals surface area contributed by atoms with Crippen molar-refractivity contribution in [3.8, 4) is 0 Å². The van der Waals surface area contributed by atoms with Gasteiger partial charge in [-0.05, 0) is 12.8 Å². The fraction of sp³-hybridized carbons (Fsp3) is 0.625. The molecule has 0 atom stereocenters. The van der Waals surface area contributed by atoms with Gasteiger partial charge in [-0.25, -0.2) is 20.0 Å². The van der Waals surface area contributed by atoms with Crippen LogP contribution in [0.3, 0.4) is 0 Å². The lowest BCUT2D eigenvalue weighted by Gasteiger charge is -2.26. The Morgan fingerprint density at radius 3 is 2.46 bits per heavy atom. The molecule has 2 rings (SSSR count). The van der Waals surface area contributed by atoms with E-state index in [0.29, 0.717) is 5.95 Å². The van der Waals surface area contributed by atoms with Gasteiger partial charge in [0.05, 0.1) is 0 Å². The minimum absolute atomic E-state index is 0.636. The number of hydrogen-bond donors (Lipinski definition) is 1. The molecule has 1 aromatic heterocycles. The molecular formula is C8H13N5. The molecule has 0 unspecified atom stereocenters. The fourth-order valence-corrected chi connectivity index (χ4v) is 1.44. The van der Waals surface area contributed by atoms with Crippen LogP contribution in [0.25, 0.3) is 0 Å². The van der Waals surface area contributed by atoms with Gasteiger partial charge in [0.25, 0.3) is 0 Å². The van der Waals surface area contributed by atoms with Gasteiger partial charge in [0.2, 0.25) is 5.95 Å². The normalized spacial score (nSPS) is 18.5. The maximum Gasteiger partial charge on any atom is 0.240 e. The van der Waals surface area contributed by atoms with Crippen molar-refractivity contribution in [3.63, 3.8) is 0 Å². The first-order valence-corrected chi connectivity index (χ1v) is 4.59. The summed E-state index contributed by atoms with van der Waals surface area (Å²) < 4.78 is 0. The highest BCUT2D eigenvalue weighted by Gasteiger charge is 2.09. The largest absolute Gasteiger partial charge is 0.287 e. The lowest BCUT2D eigenvalue weighted by atomic mass is 10.2. The van der Waals surface area contributed by atoms with Crippen molar-refractivity contribution in [1.29, 1.82) is 0 Å². The van der Waals surface area contributed by atoms with E-state index >= 15 is 0 Å². The van der Waals surface area contributed by atoms with Crippen LogP contribution >= 0.6 is 0 Å². The fourth-order valence-electron chi connectivity index (χ4n) is 1.44. The van der Waals surface area contributed by atoms with Crippen LogP contribution in [0.5, 0.6) is 0 Å². The number of piperidine rings is 1. The quantitative estimate of drug-likeness (QED) is 0.723. The second-order valence-corrected chi connectivity index (χ2v) is 3.12. The zero-order valence-electron chi connectivity index (χ0n) is 7.48. The van der Waals surface area contributed by atoms with Crippen LogP contribution < -0.4 is 5.43 Å². The Kier molecular flexibility index (Phi) is 2.66. The van der Waals surface area contributed by atoms with Gasteiger partial charge in [-0.15, -0.1) is 0 Å². The molecule has 13 heavy (non-hydrogen) atoms. The molecule has 1 aliphatic rings. The molecule has 1 N–H and O–H groups in total. The summed E-state index contributed by atoms with van der Waals surface area (Å²) in [5.41, 5.74) is 3.15. The summed E-state index contributed by atoms with van der Waals surface area (Å²) in [5.74, 6) is 0.636. The Bertz CT molecular complexity index is 244. The molecule has 0 amide bonds. The van der Waals surface area contributed by atoms with E-state index in [2.05, 4.69) is 25.4 Å². The zero-order valence-corrected chi connectivity index (χ0v) is 7.48. The summed E-state index contributed by atoms with van der Waals surface area (Å²) in [6.07, 6.45) is 6.82.